The number of imidazole rings is 1. The molecular formula is C63H71N3O. The number of pyridine rings is 1. The summed E-state index contributed by atoms with van der Waals surface area (Å²) in [5.41, 5.74) is 18.4. The Hall–Kier alpha value is -6.26. The van der Waals surface area contributed by atoms with Crippen molar-refractivity contribution in [2.75, 3.05) is 0 Å². The number of phenolic OH excluding ortho intramolecular Hbond substituents is 1. The highest BCUT2D eigenvalue weighted by atomic mass is 16.3. The Morgan fingerprint density at radius 2 is 1.13 bits per heavy atom. The van der Waals surface area contributed by atoms with Crippen LogP contribution in [0.3, 0.4) is 0 Å². The average Bonchev–Trinajstić information content (AvgIpc) is 3.67. The number of aromatic nitrogens is 3. The molecule has 0 aliphatic heterocycles. The second-order valence-electron chi connectivity index (χ2n) is 22.6. The summed E-state index contributed by atoms with van der Waals surface area (Å²) < 4.78 is 10.9. The smallest absolute Gasteiger partial charge is 0.149 e. The Morgan fingerprint density at radius 3 is 1.75 bits per heavy atom. The average molecular weight is 887 g/mol. The maximum Gasteiger partial charge on any atom is 0.149 e. The molecule has 4 nitrogen and oxygen atoms in total. The van der Waals surface area contributed by atoms with Gasteiger partial charge >= 0.3 is 0 Å². The van der Waals surface area contributed by atoms with E-state index >= 15 is 0 Å². The maximum atomic E-state index is 12.5. The van der Waals surface area contributed by atoms with Crippen molar-refractivity contribution in [2.24, 2.45) is 0 Å². The third kappa shape index (κ3) is 9.51. The van der Waals surface area contributed by atoms with Crippen LogP contribution in [0.2, 0.25) is 0 Å². The van der Waals surface area contributed by atoms with Gasteiger partial charge in [0.05, 0.1) is 28.0 Å². The fraction of sp³-hybridized carbons (Fsp3) is 0.333. The molecule has 0 atom stereocenters. The number of hydrogen-bond donors (Lipinski definition) is 1. The lowest BCUT2D eigenvalue weighted by atomic mass is 9.83. The van der Waals surface area contributed by atoms with Gasteiger partial charge in [0.2, 0.25) is 0 Å². The zero-order chi connectivity index (χ0) is 49.2. The Morgan fingerprint density at radius 1 is 0.507 bits per heavy atom. The van der Waals surface area contributed by atoms with Crippen molar-refractivity contribution < 1.29 is 6.48 Å². The summed E-state index contributed by atoms with van der Waals surface area (Å²) in [5, 5.41) is 12.5. The minimum absolute atomic E-state index is 0.0182. The predicted octanol–water partition coefficient (Wildman–Crippen LogP) is 17.7. The first-order valence-electron chi connectivity index (χ1n) is 24.7. The van der Waals surface area contributed by atoms with Gasteiger partial charge in [-0.05, 0) is 132 Å². The molecule has 67 heavy (non-hydrogen) atoms. The molecule has 2 heterocycles. The van der Waals surface area contributed by atoms with E-state index in [1.165, 1.54) is 16.7 Å². The van der Waals surface area contributed by atoms with Crippen LogP contribution in [0.4, 0.5) is 0 Å². The molecule has 8 aromatic rings. The van der Waals surface area contributed by atoms with Gasteiger partial charge in [-0.25, -0.2) is 4.98 Å². The van der Waals surface area contributed by atoms with Gasteiger partial charge in [-0.3, -0.25) is 9.55 Å². The molecule has 0 aliphatic rings. The SMILES string of the molecule is [2H]C(C)(C)c1ccc(-c2ccnc(-c3cc(-c4cccc5c4nc(-c4cc(C(C)C)cc(C(C)C)c4O)n5-c4cc(C(C)(C)C)ccc4-c4ccc(C(C)(C)C)cc4)cc(C(C)(C)C)c3)c2)cc1. The van der Waals surface area contributed by atoms with E-state index in [9.17, 15) is 5.11 Å². The van der Waals surface area contributed by atoms with Gasteiger partial charge in [0, 0.05) is 24.3 Å². The molecule has 0 bridgehead atoms. The topological polar surface area (TPSA) is 50.9 Å². The molecule has 0 radical (unpaired) electrons. The van der Waals surface area contributed by atoms with Gasteiger partial charge in [-0.1, -0.05) is 189 Å². The minimum atomic E-state index is -0.669. The second-order valence-corrected chi connectivity index (χ2v) is 22.6. The Labute approximate surface area is 402 Å². The van der Waals surface area contributed by atoms with Crippen LogP contribution in [-0.4, -0.2) is 19.6 Å². The zero-order valence-corrected chi connectivity index (χ0v) is 42.6. The number of phenols is 1. The molecule has 0 unspecified atom stereocenters. The van der Waals surface area contributed by atoms with E-state index in [-0.39, 0.29) is 33.8 Å². The predicted molar refractivity (Wildman–Crippen MR) is 286 cm³/mol. The second kappa shape index (κ2) is 17.8. The summed E-state index contributed by atoms with van der Waals surface area (Å²) in [4.78, 5) is 10.7. The van der Waals surface area contributed by atoms with Crippen LogP contribution >= 0.6 is 0 Å². The van der Waals surface area contributed by atoms with Crippen LogP contribution in [0.1, 0.15) is 156 Å². The van der Waals surface area contributed by atoms with E-state index < -0.39 is 5.89 Å². The summed E-state index contributed by atoms with van der Waals surface area (Å²) in [7, 11) is 0. The van der Waals surface area contributed by atoms with E-state index in [1.54, 1.807) is 0 Å². The molecule has 1 N–H and O–H groups in total. The number of fused-ring (bicyclic) bond motifs is 1. The quantitative estimate of drug-likeness (QED) is 0.157. The Bertz CT molecular complexity index is 3140. The van der Waals surface area contributed by atoms with Crippen molar-refractivity contribution in [3.8, 4) is 67.5 Å². The highest BCUT2D eigenvalue weighted by molar-refractivity contribution is 5.98. The monoisotopic (exact) mass is 887 g/mol. The molecule has 0 fully saturated rings. The highest BCUT2D eigenvalue weighted by Crippen LogP contribution is 2.45. The first-order valence-corrected chi connectivity index (χ1v) is 24.2. The summed E-state index contributed by atoms with van der Waals surface area (Å²) in [6.07, 6.45) is 1.90. The third-order valence-electron chi connectivity index (χ3n) is 13.5. The first-order chi connectivity index (χ1) is 31.8. The molecule has 0 spiro atoms. The molecular weight excluding hydrogens is 815 g/mol. The van der Waals surface area contributed by atoms with E-state index in [0.29, 0.717) is 5.82 Å². The maximum absolute atomic E-state index is 12.5. The van der Waals surface area contributed by atoms with Gasteiger partial charge in [-0.15, -0.1) is 0 Å². The summed E-state index contributed by atoms with van der Waals surface area (Å²) in [6.45, 7) is 32.9. The zero-order valence-electron chi connectivity index (χ0n) is 43.6. The van der Waals surface area contributed by atoms with Gasteiger partial charge < -0.3 is 5.11 Å². The Kier molecular flexibility index (Phi) is 12.2. The highest BCUT2D eigenvalue weighted by Gasteiger charge is 2.27. The van der Waals surface area contributed by atoms with Crippen LogP contribution in [0, 0.1) is 0 Å². The minimum Gasteiger partial charge on any atom is -0.507 e. The van der Waals surface area contributed by atoms with E-state index in [4.69, 9.17) is 11.3 Å². The molecule has 344 valence electrons. The molecule has 0 saturated heterocycles. The largest absolute Gasteiger partial charge is 0.507 e. The summed E-state index contributed by atoms with van der Waals surface area (Å²) >= 11 is 0. The lowest BCUT2D eigenvalue weighted by Crippen LogP contribution is -2.13. The van der Waals surface area contributed by atoms with Gasteiger partial charge in [0.1, 0.15) is 11.6 Å². The fourth-order valence-electron chi connectivity index (χ4n) is 9.09. The van der Waals surface area contributed by atoms with Crippen molar-refractivity contribution in [1.82, 2.24) is 14.5 Å². The van der Waals surface area contributed by atoms with Gasteiger partial charge in [0.15, 0.2) is 0 Å². The Balaban J connectivity index is 1.42. The van der Waals surface area contributed by atoms with E-state index in [0.717, 1.165) is 83.6 Å². The van der Waals surface area contributed by atoms with Crippen LogP contribution < -0.4 is 0 Å². The van der Waals surface area contributed by atoms with E-state index in [2.05, 4.69) is 222 Å². The molecule has 4 heteroatoms. The number of hydrogen-bond acceptors (Lipinski definition) is 3. The third-order valence-corrected chi connectivity index (χ3v) is 13.5. The first kappa shape index (κ1) is 45.9. The number of aromatic hydroxyl groups is 1. The number of nitrogens with zero attached hydrogens (tertiary/aromatic N) is 3. The molecule has 0 amide bonds. The van der Waals surface area contributed by atoms with Crippen molar-refractivity contribution in [1.29, 1.82) is 0 Å². The van der Waals surface area contributed by atoms with Crippen LogP contribution in [0.5, 0.6) is 5.75 Å². The molecule has 0 saturated carbocycles. The van der Waals surface area contributed by atoms with Gasteiger partial charge in [-0.2, -0.15) is 0 Å². The number of para-hydroxylation sites is 1. The van der Waals surface area contributed by atoms with Crippen LogP contribution in [-0.2, 0) is 16.2 Å². The van der Waals surface area contributed by atoms with Crippen LogP contribution in [0.15, 0.2) is 134 Å². The number of benzene rings is 6. The van der Waals surface area contributed by atoms with E-state index in [1.807, 2.05) is 20.0 Å². The standard InChI is InChI=1S/C63H71N3O/c1-38(2)41-19-21-42(22-20-41)44-29-30-64-55(36-44)47-31-46(32-50(33-47)63(13,14)15)52-17-16-18-56-58(52)65-60(54-35-45(39(3)4)34-53(40(5)6)59(54)67)66(56)57-37-49(62(10,11)12)27-28-51(57)43-23-25-48(26-24-43)61(7,8)9/h16-40,67H,1-15H3/i38D. The summed E-state index contributed by atoms with van der Waals surface area (Å²) in [5.74, 6) is 0.641. The molecule has 2 aromatic heterocycles. The fourth-order valence-corrected chi connectivity index (χ4v) is 9.09. The molecule has 8 rings (SSSR count). The van der Waals surface area contributed by atoms with Crippen molar-refractivity contribution in [2.45, 2.75) is 138 Å². The molecule has 0 aliphatic carbocycles. The lowest BCUT2D eigenvalue weighted by Gasteiger charge is -2.24. The molecule has 6 aromatic carbocycles. The van der Waals surface area contributed by atoms with Crippen molar-refractivity contribution >= 4 is 11.0 Å². The number of rotatable bonds is 9. The van der Waals surface area contributed by atoms with Crippen molar-refractivity contribution in [3.05, 3.63) is 167 Å². The van der Waals surface area contributed by atoms with Crippen molar-refractivity contribution in [3.63, 3.8) is 0 Å². The lowest BCUT2D eigenvalue weighted by molar-refractivity contribution is 0.466. The van der Waals surface area contributed by atoms with Crippen LogP contribution in [0.25, 0.3) is 72.7 Å². The normalized spacial score (nSPS) is 12.9. The summed E-state index contributed by atoms with van der Waals surface area (Å²) in [6, 6.07) is 46.2. The van der Waals surface area contributed by atoms with Gasteiger partial charge in [0.25, 0.3) is 0 Å².